The van der Waals surface area contributed by atoms with Gasteiger partial charge in [-0.3, -0.25) is 10.1 Å². The highest BCUT2D eigenvalue weighted by molar-refractivity contribution is 6.31. The summed E-state index contributed by atoms with van der Waals surface area (Å²) in [6, 6.07) is 3.03. The Morgan fingerprint density at radius 3 is 2.62 bits per heavy atom. The van der Waals surface area contributed by atoms with E-state index in [1.165, 1.54) is 13.2 Å². The summed E-state index contributed by atoms with van der Waals surface area (Å²) in [6.07, 6.45) is -3.62. The molecular formula is C14H13ClF3N5O3. The van der Waals surface area contributed by atoms with Crippen molar-refractivity contribution in [2.24, 2.45) is 0 Å². The van der Waals surface area contributed by atoms with E-state index in [0.29, 0.717) is 0 Å². The smallest absolute Gasteiger partial charge is 0.383 e. The molecule has 0 saturated carbocycles. The molecule has 0 atom stereocenters. The molecule has 1 aromatic heterocycles. The Balaban J connectivity index is 2.37. The lowest BCUT2D eigenvalue weighted by Gasteiger charge is -2.13. The molecule has 12 heteroatoms. The fourth-order valence-corrected chi connectivity index (χ4v) is 2.23. The van der Waals surface area contributed by atoms with Crippen molar-refractivity contribution < 1.29 is 22.8 Å². The number of alkyl halides is 3. The fraction of sp³-hybridized carbons (Fsp3) is 0.286. The number of anilines is 3. The molecule has 0 fully saturated rings. The predicted octanol–water partition coefficient (Wildman–Crippen LogP) is 3.86. The van der Waals surface area contributed by atoms with Crippen LogP contribution in [0.5, 0.6) is 0 Å². The van der Waals surface area contributed by atoms with E-state index in [4.69, 9.17) is 16.3 Å². The first kappa shape index (κ1) is 19.7. The fourth-order valence-electron chi connectivity index (χ4n) is 2.00. The van der Waals surface area contributed by atoms with E-state index in [-0.39, 0.29) is 30.5 Å². The molecule has 0 bridgehead atoms. The van der Waals surface area contributed by atoms with Gasteiger partial charge in [-0.15, -0.1) is 0 Å². The van der Waals surface area contributed by atoms with Crippen LogP contribution in [0.2, 0.25) is 5.02 Å². The summed E-state index contributed by atoms with van der Waals surface area (Å²) in [5.74, 6) is -0.352. The van der Waals surface area contributed by atoms with Crippen LogP contribution in [-0.2, 0) is 10.9 Å². The summed E-state index contributed by atoms with van der Waals surface area (Å²) in [7, 11) is 1.46. The minimum absolute atomic E-state index is 0.0635. The van der Waals surface area contributed by atoms with Gasteiger partial charge >= 0.3 is 11.9 Å². The Bertz CT molecular complexity index is 804. The number of ether oxygens (including phenoxy) is 1. The number of aromatic nitrogens is 2. The number of halogens is 4. The van der Waals surface area contributed by atoms with E-state index < -0.39 is 27.4 Å². The zero-order valence-electron chi connectivity index (χ0n) is 13.3. The van der Waals surface area contributed by atoms with Crippen LogP contribution >= 0.6 is 11.6 Å². The van der Waals surface area contributed by atoms with Gasteiger partial charge in [0.2, 0.25) is 11.6 Å². The topological polar surface area (TPSA) is 102 Å². The van der Waals surface area contributed by atoms with Gasteiger partial charge < -0.3 is 15.4 Å². The van der Waals surface area contributed by atoms with Crippen molar-refractivity contribution in [3.8, 4) is 0 Å². The van der Waals surface area contributed by atoms with Gasteiger partial charge in [0, 0.05) is 19.3 Å². The maximum atomic E-state index is 12.9. The predicted molar refractivity (Wildman–Crippen MR) is 88.8 cm³/mol. The number of rotatable bonds is 7. The van der Waals surface area contributed by atoms with E-state index in [1.807, 2.05) is 0 Å². The molecule has 2 aromatic rings. The molecule has 0 aliphatic carbocycles. The van der Waals surface area contributed by atoms with E-state index in [0.717, 1.165) is 18.5 Å². The van der Waals surface area contributed by atoms with E-state index in [9.17, 15) is 23.3 Å². The minimum atomic E-state index is -4.67. The molecule has 1 heterocycles. The standard InChI is InChI=1S/C14H13ClF3N5O3/c1-26-5-4-19-12-11(23(24)25)13(21-7-20-12)22-8-2-3-10(15)9(6-8)14(16,17)18/h2-3,6-7H,4-5H2,1H3,(H2,19,20,21,22). The molecule has 0 aliphatic heterocycles. The van der Waals surface area contributed by atoms with Crippen LogP contribution in [0.4, 0.5) is 36.2 Å². The van der Waals surface area contributed by atoms with Crippen molar-refractivity contribution in [1.82, 2.24) is 9.97 Å². The van der Waals surface area contributed by atoms with Crippen molar-refractivity contribution in [2.75, 3.05) is 30.9 Å². The van der Waals surface area contributed by atoms with Crippen LogP contribution in [0.15, 0.2) is 24.5 Å². The number of nitrogens with zero attached hydrogens (tertiary/aromatic N) is 3. The zero-order valence-corrected chi connectivity index (χ0v) is 14.1. The summed E-state index contributed by atoms with van der Waals surface area (Å²) in [5, 5.41) is 16.1. The van der Waals surface area contributed by atoms with Crippen LogP contribution in [0.1, 0.15) is 5.56 Å². The van der Waals surface area contributed by atoms with Gasteiger partial charge in [-0.05, 0) is 18.2 Å². The molecule has 0 radical (unpaired) electrons. The molecular weight excluding hydrogens is 379 g/mol. The van der Waals surface area contributed by atoms with E-state index >= 15 is 0 Å². The molecule has 0 aliphatic rings. The van der Waals surface area contributed by atoms with Gasteiger partial charge in [0.15, 0.2) is 0 Å². The van der Waals surface area contributed by atoms with Crippen molar-refractivity contribution in [3.63, 3.8) is 0 Å². The minimum Gasteiger partial charge on any atom is -0.383 e. The molecule has 2 rings (SSSR count). The summed E-state index contributed by atoms with van der Waals surface area (Å²) in [6.45, 7) is 0.517. The third-order valence-corrected chi connectivity index (χ3v) is 3.47. The van der Waals surface area contributed by atoms with E-state index in [2.05, 4.69) is 20.6 Å². The summed E-state index contributed by atoms with van der Waals surface area (Å²) >= 11 is 5.56. The first-order valence-electron chi connectivity index (χ1n) is 7.10. The van der Waals surface area contributed by atoms with Crippen molar-refractivity contribution in [2.45, 2.75) is 6.18 Å². The maximum Gasteiger partial charge on any atom is 0.417 e. The number of hydrogen-bond donors (Lipinski definition) is 2. The second-order valence-corrected chi connectivity index (χ2v) is 5.32. The largest absolute Gasteiger partial charge is 0.417 e. The molecule has 26 heavy (non-hydrogen) atoms. The van der Waals surface area contributed by atoms with Gasteiger partial charge in [0.1, 0.15) is 6.33 Å². The highest BCUT2D eigenvalue weighted by Crippen LogP contribution is 2.37. The second kappa shape index (κ2) is 8.15. The molecule has 0 spiro atoms. The van der Waals surface area contributed by atoms with E-state index in [1.54, 1.807) is 0 Å². The lowest BCUT2D eigenvalue weighted by atomic mass is 10.2. The average molecular weight is 392 g/mol. The summed E-state index contributed by atoms with van der Waals surface area (Å²) in [5.41, 5.74) is -1.64. The molecule has 0 saturated heterocycles. The number of benzene rings is 1. The van der Waals surface area contributed by atoms with Crippen LogP contribution in [0, 0.1) is 10.1 Å². The van der Waals surface area contributed by atoms with Crippen molar-refractivity contribution >= 4 is 34.6 Å². The van der Waals surface area contributed by atoms with Crippen LogP contribution < -0.4 is 10.6 Å². The summed E-state index contributed by atoms with van der Waals surface area (Å²) < 4.78 is 43.7. The Morgan fingerprint density at radius 1 is 1.31 bits per heavy atom. The first-order valence-corrected chi connectivity index (χ1v) is 7.47. The molecule has 2 N–H and O–H groups in total. The van der Waals surface area contributed by atoms with Gasteiger partial charge in [0.05, 0.1) is 22.1 Å². The number of hydrogen-bond acceptors (Lipinski definition) is 7. The van der Waals surface area contributed by atoms with Gasteiger partial charge in [-0.2, -0.15) is 13.2 Å². The Kier molecular flexibility index (Phi) is 6.16. The number of nitro groups is 1. The number of nitrogens with one attached hydrogen (secondary N) is 2. The third kappa shape index (κ3) is 4.70. The lowest BCUT2D eigenvalue weighted by Crippen LogP contribution is -2.12. The highest BCUT2D eigenvalue weighted by Gasteiger charge is 2.33. The highest BCUT2D eigenvalue weighted by atomic mass is 35.5. The monoisotopic (exact) mass is 391 g/mol. The Morgan fingerprint density at radius 2 is 2.00 bits per heavy atom. The normalized spacial score (nSPS) is 11.3. The first-order chi connectivity index (χ1) is 12.2. The van der Waals surface area contributed by atoms with Crippen LogP contribution in [0.3, 0.4) is 0 Å². The number of methoxy groups -OCH3 is 1. The quantitative estimate of drug-likeness (QED) is 0.419. The molecule has 8 nitrogen and oxygen atoms in total. The average Bonchev–Trinajstić information content (AvgIpc) is 2.55. The molecule has 0 amide bonds. The third-order valence-electron chi connectivity index (χ3n) is 3.14. The van der Waals surface area contributed by atoms with Crippen molar-refractivity contribution in [1.29, 1.82) is 0 Å². The lowest BCUT2D eigenvalue weighted by molar-refractivity contribution is -0.383. The second-order valence-electron chi connectivity index (χ2n) is 4.91. The maximum absolute atomic E-state index is 12.9. The van der Waals surface area contributed by atoms with Crippen molar-refractivity contribution in [3.05, 3.63) is 45.2 Å². The molecule has 140 valence electrons. The molecule has 1 aromatic carbocycles. The molecule has 0 unspecified atom stereocenters. The Labute approximate surface area is 150 Å². The zero-order chi connectivity index (χ0) is 19.3. The van der Waals surface area contributed by atoms with Gasteiger partial charge in [0.25, 0.3) is 0 Å². The van der Waals surface area contributed by atoms with Gasteiger partial charge in [-0.1, -0.05) is 11.6 Å². The summed E-state index contributed by atoms with van der Waals surface area (Å²) in [4.78, 5) is 18.2. The van der Waals surface area contributed by atoms with Gasteiger partial charge in [-0.25, -0.2) is 9.97 Å². The Hall–Kier alpha value is -2.66. The van der Waals surface area contributed by atoms with Crippen LogP contribution in [0.25, 0.3) is 0 Å². The SMILES string of the molecule is COCCNc1ncnc(Nc2ccc(Cl)c(C(F)(F)F)c2)c1[N+](=O)[O-]. The van der Waals surface area contributed by atoms with Crippen LogP contribution in [-0.4, -0.2) is 35.2 Å².